The van der Waals surface area contributed by atoms with Crippen LogP contribution in [-0.2, 0) is 25.0 Å². The number of nitrogens with two attached hydrogens (primary N) is 1. The Morgan fingerprint density at radius 2 is 1.43 bits per heavy atom. The molecular weight excluding hydrogens is 829 g/mol. The Kier molecular flexibility index (Phi) is 12.0. The average molecular weight is 871 g/mol. The van der Waals surface area contributed by atoms with Crippen molar-refractivity contribution < 1.29 is 49.8 Å². The second kappa shape index (κ2) is 16.7. The Hall–Kier alpha value is -6.80. The normalized spacial score (nSPS) is 12.1. The van der Waals surface area contributed by atoms with Crippen LogP contribution in [0.25, 0.3) is 33.4 Å². The highest BCUT2D eigenvalue weighted by Gasteiger charge is 2.27. The summed E-state index contributed by atoms with van der Waals surface area (Å²) in [5.74, 6) is -0.933. The van der Waals surface area contributed by atoms with Crippen LogP contribution >= 0.6 is 0 Å². The van der Waals surface area contributed by atoms with Crippen molar-refractivity contribution in [1.82, 2.24) is 5.32 Å². The van der Waals surface area contributed by atoms with Crippen LogP contribution in [0.15, 0.2) is 85.9 Å². The van der Waals surface area contributed by atoms with Crippen molar-refractivity contribution in [3.63, 3.8) is 0 Å². The lowest BCUT2D eigenvalue weighted by Crippen LogP contribution is -2.31. The molecule has 61 heavy (non-hydrogen) atoms. The molecule has 318 valence electrons. The molecule has 0 bridgehead atoms. The number of primary amides is 1. The van der Waals surface area contributed by atoms with E-state index < -0.39 is 43.2 Å². The molecule has 9 N–H and O–H groups in total. The molecule has 4 amide bonds. The van der Waals surface area contributed by atoms with Gasteiger partial charge in [0.05, 0.1) is 28.8 Å². The number of nitrogens with zero attached hydrogens (tertiary/aromatic N) is 1. The first-order valence-corrected chi connectivity index (χ1v) is 21.4. The molecule has 0 saturated carbocycles. The van der Waals surface area contributed by atoms with Crippen molar-refractivity contribution >= 4 is 77.7 Å². The van der Waals surface area contributed by atoms with Gasteiger partial charge >= 0.3 is 18.0 Å². The first-order valence-electron chi connectivity index (χ1n) is 18.5. The number of aryl methyl sites for hydroxylation is 2. The zero-order valence-electron chi connectivity index (χ0n) is 33.7. The predicted octanol–water partition coefficient (Wildman–Crippen LogP) is 7.61. The van der Waals surface area contributed by atoms with Crippen LogP contribution in [0.5, 0.6) is 0 Å². The Morgan fingerprint density at radius 1 is 0.738 bits per heavy atom. The first-order chi connectivity index (χ1) is 28.6. The van der Waals surface area contributed by atoms with Crippen molar-refractivity contribution in [2.75, 3.05) is 22.5 Å². The number of nitrogens with one attached hydrogen (secondary N) is 4. The number of amides is 4. The number of fused-ring (bicyclic) bond motifs is 2. The molecule has 0 atom stereocenters. The summed E-state index contributed by atoms with van der Waals surface area (Å²) in [6.07, 6.45) is -0.359. The van der Waals surface area contributed by atoms with E-state index in [1.807, 2.05) is 26.8 Å². The molecule has 0 radical (unpaired) electrons. The average Bonchev–Trinajstić information content (AvgIpc) is 3.16. The van der Waals surface area contributed by atoms with Crippen LogP contribution in [0.1, 0.15) is 39.8 Å². The van der Waals surface area contributed by atoms with Gasteiger partial charge in [0.25, 0.3) is 20.2 Å². The number of hydrogen-bond donors (Lipinski definition) is 8. The fourth-order valence-electron chi connectivity index (χ4n) is 7.55. The molecule has 4 aromatic carbocycles. The molecule has 0 fully saturated rings. The van der Waals surface area contributed by atoms with Gasteiger partial charge in [0.15, 0.2) is 0 Å². The van der Waals surface area contributed by atoms with E-state index in [0.29, 0.717) is 39.1 Å². The van der Waals surface area contributed by atoms with Crippen molar-refractivity contribution in [2.45, 2.75) is 57.8 Å². The van der Waals surface area contributed by atoms with E-state index >= 15 is 0 Å². The molecule has 0 spiro atoms. The molecule has 0 unspecified atom stereocenters. The first kappa shape index (κ1) is 43.8. The summed E-state index contributed by atoms with van der Waals surface area (Å²) in [5, 5.41) is 20.7. The maximum Gasteiger partial charge on any atom is 0.319 e. The lowest BCUT2D eigenvalue weighted by Gasteiger charge is -2.20. The second-order valence-corrected chi connectivity index (χ2v) is 17.1. The van der Waals surface area contributed by atoms with Crippen molar-refractivity contribution in [1.29, 1.82) is 0 Å². The zero-order valence-corrected chi connectivity index (χ0v) is 35.3. The third-order valence-corrected chi connectivity index (χ3v) is 12.2. The summed E-state index contributed by atoms with van der Waals surface area (Å²) in [5.41, 5.74) is 11.4. The molecule has 1 aliphatic carbocycles. The molecule has 4 aromatic rings. The fourth-order valence-corrected chi connectivity index (χ4v) is 9.22. The number of benzene rings is 5. The van der Waals surface area contributed by atoms with Gasteiger partial charge in [-0.15, -0.1) is 0 Å². The topological polar surface area (TPSA) is 280 Å². The number of rotatable bonds is 11. The van der Waals surface area contributed by atoms with E-state index in [4.69, 9.17) is 20.2 Å². The monoisotopic (exact) mass is 870 g/mol. The Labute approximate surface area is 350 Å². The maximum absolute atomic E-state index is 12.8. The summed E-state index contributed by atoms with van der Waals surface area (Å²) >= 11 is 0. The number of carbonyl (C=O) groups excluding carboxylic acids is 2. The molecule has 6 rings (SSSR count). The molecule has 2 aliphatic rings. The molecule has 1 heterocycles. The van der Waals surface area contributed by atoms with Gasteiger partial charge in [-0.3, -0.25) is 13.9 Å². The molecule has 0 saturated heterocycles. The van der Waals surface area contributed by atoms with Crippen LogP contribution in [0, 0.1) is 41.5 Å². The Balaban J connectivity index is 1.59. The van der Waals surface area contributed by atoms with Gasteiger partial charge in [0.2, 0.25) is 0 Å². The number of urea groups is 2. The lowest BCUT2D eigenvalue weighted by molar-refractivity contribution is -0.136. The van der Waals surface area contributed by atoms with Crippen molar-refractivity contribution in [3.05, 3.63) is 105 Å². The number of carboxylic acids is 1. The van der Waals surface area contributed by atoms with E-state index in [1.165, 1.54) is 26.0 Å². The Morgan fingerprint density at radius 3 is 2.08 bits per heavy atom. The SMILES string of the molecule is Cc1cc(C)c(Nc2ccc3c(-c4ccccc4S(=O)(=O)O)c4cc/c(=N\c5c(C)c(NC(=O)NCCC(=O)O)c(C)c(S(=O)(=O)O)c5C)cc-4oc3c2)c(C)c1NC(N)=O. The highest BCUT2D eigenvalue weighted by Crippen LogP contribution is 2.44. The standard InChI is InChI=1S/C42H42N6O11S2/c1-20-17-21(2)37(47-41(43)51)22(3)36(20)45-26-11-13-28-31(18-26)59-32-19-27(12-14-29(32)35(28)30-9-7-8-10-33(30)60(53,54)55)46-38-23(4)39(48-42(52)44-16-15-34(49)50)25(6)40(24(38)5)61(56,57)58/h7-14,17-19,45H,15-16H2,1-6H3,(H,49,50)(H3,43,47,51)(H2,44,48,52)(H,53,54,55)(H,56,57,58)/b46-27+. The van der Waals surface area contributed by atoms with E-state index in [1.54, 1.807) is 55.5 Å². The quantitative estimate of drug-likeness (QED) is 0.0461. The summed E-state index contributed by atoms with van der Waals surface area (Å²) in [6.45, 7) is 9.79. The van der Waals surface area contributed by atoms with Gasteiger partial charge in [0, 0.05) is 52.1 Å². The number of anilines is 4. The maximum atomic E-state index is 12.8. The molecule has 19 heteroatoms. The van der Waals surface area contributed by atoms with Gasteiger partial charge in [-0.2, -0.15) is 16.8 Å². The Bertz CT molecular complexity index is 3090. The summed E-state index contributed by atoms with van der Waals surface area (Å²) in [6, 6.07) is 16.2. The highest BCUT2D eigenvalue weighted by atomic mass is 32.2. The number of hydrogen-bond acceptors (Lipinski definition) is 10. The second-order valence-electron chi connectivity index (χ2n) is 14.4. The third kappa shape index (κ3) is 9.04. The van der Waals surface area contributed by atoms with E-state index in [9.17, 15) is 40.3 Å². The molecule has 1 aliphatic heterocycles. The highest BCUT2D eigenvalue weighted by molar-refractivity contribution is 7.86. The minimum Gasteiger partial charge on any atom is -0.481 e. The summed E-state index contributed by atoms with van der Waals surface area (Å²) in [4.78, 5) is 39.5. The van der Waals surface area contributed by atoms with Gasteiger partial charge in [-0.05, 0) is 105 Å². The molecular formula is C42H42N6O11S2. The fraction of sp³-hybridized carbons (Fsp3) is 0.190. The van der Waals surface area contributed by atoms with Crippen LogP contribution in [0.4, 0.5) is 38.0 Å². The van der Waals surface area contributed by atoms with Crippen LogP contribution in [0.2, 0.25) is 0 Å². The van der Waals surface area contributed by atoms with E-state index in [-0.39, 0.29) is 62.6 Å². The third-order valence-electron chi connectivity index (χ3n) is 10.1. The van der Waals surface area contributed by atoms with Gasteiger partial charge in [0.1, 0.15) is 21.1 Å². The van der Waals surface area contributed by atoms with Crippen LogP contribution < -0.4 is 32.4 Å². The van der Waals surface area contributed by atoms with Gasteiger partial charge in [-0.25, -0.2) is 14.6 Å². The summed E-state index contributed by atoms with van der Waals surface area (Å²) < 4.78 is 78.0. The van der Waals surface area contributed by atoms with Gasteiger partial charge in [-0.1, -0.05) is 24.3 Å². The van der Waals surface area contributed by atoms with Crippen LogP contribution in [0.3, 0.4) is 0 Å². The van der Waals surface area contributed by atoms with E-state index in [0.717, 1.165) is 16.7 Å². The van der Waals surface area contributed by atoms with Crippen molar-refractivity contribution in [3.8, 4) is 22.5 Å². The summed E-state index contributed by atoms with van der Waals surface area (Å²) in [7, 11) is -9.59. The van der Waals surface area contributed by atoms with Crippen molar-refractivity contribution in [2.24, 2.45) is 10.7 Å². The minimum absolute atomic E-state index is 0.0157. The van der Waals surface area contributed by atoms with Crippen LogP contribution in [-0.4, -0.2) is 55.6 Å². The largest absolute Gasteiger partial charge is 0.481 e. The number of aliphatic carboxylic acids is 1. The smallest absolute Gasteiger partial charge is 0.319 e. The number of carbonyl (C=O) groups is 3. The zero-order chi connectivity index (χ0) is 44.7. The predicted molar refractivity (Wildman–Crippen MR) is 230 cm³/mol. The molecule has 17 nitrogen and oxygen atoms in total. The van der Waals surface area contributed by atoms with E-state index in [2.05, 4.69) is 21.3 Å². The lowest BCUT2D eigenvalue weighted by atomic mass is 9.93. The minimum atomic E-state index is -4.86. The molecule has 0 aromatic heterocycles. The number of carboxylic acid groups (broad SMARTS) is 1. The van der Waals surface area contributed by atoms with Gasteiger partial charge < -0.3 is 36.5 Å².